The zero-order valence-corrected chi connectivity index (χ0v) is 9.17. The largest absolute Gasteiger partial charge is 0.342 e. The Morgan fingerprint density at radius 1 is 1.21 bits per heavy atom. The highest BCUT2D eigenvalue weighted by Crippen LogP contribution is 2.61. The van der Waals surface area contributed by atoms with Crippen molar-refractivity contribution in [3.05, 3.63) is 12.2 Å². The molecule has 2 bridgehead atoms. The summed E-state index contributed by atoms with van der Waals surface area (Å²) in [7, 11) is 0. The molecule has 2 aliphatic heterocycles. The molecule has 0 saturated carbocycles. The first-order valence-corrected chi connectivity index (χ1v) is 5.53. The molecule has 0 aromatic heterocycles. The van der Waals surface area contributed by atoms with Gasteiger partial charge in [0, 0.05) is 11.8 Å². The molecule has 0 radical (unpaired) electrons. The summed E-state index contributed by atoms with van der Waals surface area (Å²) in [6.07, 6.45) is 7.80. The number of allylic oxidation sites excluding steroid dienone is 1. The molecule has 1 spiro atoms. The lowest BCUT2D eigenvalue weighted by Crippen LogP contribution is -2.59. The Morgan fingerprint density at radius 2 is 2.00 bits per heavy atom. The first-order chi connectivity index (χ1) is 6.49. The van der Waals surface area contributed by atoms with Crippen LogP contribution in [0.3, 0.4) is 0 Å². The Hall–Kier alpha value is -0.340. The van der Waals surface area contributed by atoms with Crippen molar-refractivity contribution >= 4 is 0 Å². The number of ether oxygens (including phenoxy) is 2. The molecule has 2 fully saturated rings. The number of rotatable bonds is 0. The molecule has 3 atom stereocenters. The summed E-state index contributed by atoms with van der Waals surface area (Å²) in [6.45, 7) is 6.77. The van der Waals surface area contributed by atoms with Crippen molar-refractivity contribution in [2.45, 2.75) is 57.5 Å². The summed E-state index contributed by atoms with van der Waals surface area (Å²) < 4.78 is 12.1. The SMILES string of the molecule is CC1(C)CC=CC2(C)OC3CCC12O3. The number of fused-ring (bicyclic) bond motifs is 1. The highest BCUT2D eigenvalue weighted by atomic mass is 16.8. The average Bonchev–Trinajstić information content (AvgIpc) is 2.58. The quantitative estimate of drug-likeness (QED) is 0.552. The van der Waals surface area contributed by atoms with E-state index in [1.807, 2.05) is 0 Å². The second-order valence-electron chi connectivity index (χ2n) is 5.63. The van der Waals surface area contributed by atoms with Gasteiger partial charge in [-0.05, 0) is 19.8 Å². The van der Waals surface area contributed by atoms with Gasteiger partial charge in [0.2, 0.25) is 0 Å². The maximum atomic E-state index is 6.11. The lowest BCUT2D eigenvalue weighted by molar-refractivity contribution is -0.100. The van der Waals surface area contributed by atoms with Gasteiger partial charge < -0.3 is 9.47 Å². The third kappa shape index (κ3) is 0.763. The fraction of sp³-hybridized carbons (Fsp3) is 0.833. The third-order valence-electron chi connectivity index (χ3n) is 4.40. The average molecular weight is 194 g/mol. The Kier molecular flexibility index (Phi) is 1.43. The Morgan fingerprint density at radius 3 is 2.64 bits per heavy atom. The van der Waals surface area contributed by atoms with Crippen LogP contribution in [0.2, 0.25) is 0 Å². The van der Waals surface area contributed by atoms with Gasteiger partial charge in [-0.25, -0.2) is 0 Å². The highest BCUT2D eigenvalue weighted by Gasteiger charge is 2.68. The highest BCUT2D eigenvalue weighted by molar-refractivity contribution is 5.26. The summed E-state index contributed by atoms with van der Waals surface area (Å²) in [6, 6.07) is 0. The van der Waals surface area contributed by atoms with Crippen molar-refractivity contribution in [2.75, 3.05) is 0 Å². The molecular formula is C12H18O2. The minimum Gasteiger partial charge on any atom is -0.342 e. The molecule has 0 aromatic carbocycles. The molecule has 1 aliphatic carbocycles. The first kappa shape index (κ1) is 8.93. The van der Waals surface area contributed by atoms with E-state index in [-0.39, 0.29) is 22.9 Å². The van der Waals surface area contributed by atoms with Gasteiger partial charge in [-0.15, -0.1) is 0 Å². The number of hydrogen-bond donors (Lipinski definition) is 0. The topological polar surface area (TPSA) is 18.5 Å². The predicted octanol–water partition coefficient (Wildman–Crippen LogP) is 2.64. The summed E-state index contributed by atoms with van der Waals surface area (Å²) in [5, 5.41) is 0. The van der Waals surface area contributed by atoms with E-state index >= 15 is 0 Å². The number of hydrogen-bond acceptors (Lipinski definition) is 2. The minimum atomic E-state index is -0.183. The van der Waals surface area contributed by atoms with Crippen LogP contribution in [0.15, 0.2) is 12.2 Å². The zero-order valence-electron chi connectivity index (χ0n) is 9.17. The molecule has 14 heavy (non-hydrogen) atoms. The fourth-order valence-electron chi connectivity index (χ4n) is 3.57. The van der Waals surface area contributed by atoms with Crippen molar-refractivity contribution in [3.8, 4) is 0 Å². The maximum Gasteiger partial charge on any atom is 0.159 e. The summed E-state index contributed by atoms with van der Waals surface area (Å²) in [5.74, 6) is 0. The van der Waals surface area contributed by atoms with E-state index in [1.165, 1.54) is 0 Å². The maximum absolute atomic E-state index is 6.11. The fourth-order valence-corrected chi connectivity index (χ4v) is 3.57. The van der Waals surface area contributed by atoms with Gasteiger partial charge >= 0.3 is 0 Å². The van der Waals surface area contributed by atoms with Crippen LogP contribution in [0.1, 0.15) is 40.0 Å². The van der Waals surface area contributed by atoms with E-state index in [9.17, 15) is 0 Å². The smallest absolute Gasteiger partial charge is 0.159 e. The van der Waals surface area contributed by atoms with Gasteiger partial charge in [-0.2, -0.15) is 0 Å². The van der Waals surface area contributed by atoms with Crippen molar-refractivity contribution in [2.24, 2.45) is 5.41 Å². The van der Waals surface area contributed by atoms with Crippen LogP contribution in [0, 0.1) is 5.41 Å². The molecule has 3 unspecified atom stereocenters. The Labute approximate surface area is 85.3 Å². The molecule has 3 aliphatic rings. The normalized spacial score (nSPS) is 53.5. The summed E-state index contributed by atoms with van der Waals surface area (Å²) in [5.41, 5.74) is -0.0567. The van der Waals surface area contributed by atoms with Gasteiger partial charge in [-0.1, -0.05) is 26.0 Å². The molecule has 2 nitrogen and oxygen atoms in total. The van der Waals surface area contributed by atoms with E-state index in [2.05, 4.69) is 32.9 Å². The van der Waals surface area contributed by atoms with Crippen LogP contribution in [-0.4, -0.2) is 17.5 Å². The second kappa shape index (κ2) is 2.25. The monoisotopic (exact) mass is 194 g/mol. The molecule has 2 heterocycles. The van der Waals surface area contributed by atoms with E-state index in [4.69, 9.17) is 9.47 Å². The molecule has 2 saturated heterocycles. The van der Waals surface area contributed by atoms with Crippen molar-refractivity contribution in [1.29, 1.82) is 0 Å². The second-order valence-corrected chi connectivity index (χ2v) is 5.63. The molecule has 0 amide bonds. The van der Waals surface area contributed by atoms with E-state index < -0.39 is 0 Å². The first-order valence-electron chi connectivity index (χ1n) is 5.53. The summed E-state index contributed by atoms with van der Waals surface area (Å²) >= 11 is 0. The van der Waals surface area contributed by atoms with Crippen LogP contribution in [0.4, 0.5) is 0 Å². The van der Waals surface area contributed by atoms with Crippen LogP contribution >= 0.6 is 0 Å². The van der Waals surface area contributed by atoms with Crippen LogP contribution in [0.25, 0.3) is 0 Å². The lowest BCUT2D eigenvalue weighted by atomic mass is 9.60. The van der Waals surface area contributed by atoms with E-state index in [1.54, 1.807) is 0 Å². The van der Waals surface area contributed by atoms with Gasteiger partial charge in [0.05, 0.1) is 0 Å². The van der Waals surface area contributed by atoms with E-state index in [0.29, 0.717) is 0 Å². The third-order valence-corrected chi connectivity index (χ3v) is 4.40. The molecule has 2 heteroatoms. The van der Waals surface area contributed by atoms with Crippen molar-refractivity contribution in [1.82, 2.24) is 0 Å². The standard InChI is InChI=1S/C12H18O2/c1-10(2)6-4-7-11(3)12(10)8-5-9(13-11)14-12/h4,7,9H,5-6,8H2,1-3H3. The molecule has 3 rings (SSSR count). The van der Waals surface area contributed by atoms with Gasteiger partial charge in [-0.3, -0.25) is 0 Å². The molecular weight excluding hydrogens is 176 g/mol. The minimum absolute atomic E-state index is 0.0435. The lowest BCUT2D eigenvalue weighted by Gasteiger charge is -2.51. The Balaban J connectivity index is 2.15. The van der Waals surface area contributed by atoms with Crippen LogP contribution in [0.5, 0.6) is 0 Å². The summed E-state index contributed by atoms with van der Waals surface area (Å²) in [4.78, 5) is 0. The van der Waals surface area contributed by atoms with Gasteiger partial charge in [0.25, 0.3) is 0 Å². The predicted molar refractivity (Wildman–Crippen MR) is 53.9 cm³/mol. The van der Waals surface area contributed by atoms with Crippen molar-refractivity contribution in [3.63, 3.8) is 0 Å². The van der Waals surface area contributed by atoms with E-state index in [0.717, 1.165) is 19.3 Å². The van der Waals surface area contributed by atoms with Gasteiger partial charge in [0.1, 0.15) is 11.2 Å². The van der Waals surface area contributed by atoms with Crippen LogP contribution < -0.4 is 0 Å². The zero-order chi connectivity index (χ0) is 10.0. The molecule has 78 valence electrons. The van der Waals surface area contributed by atoms with Gasteiger partial charge in [0.15, 0.2) is 6.29 Å². The molecule has 0 N–H and O–H groups in total. The Bertz CT molecular complexity index is 307. The molecule has 0 aromatic rings. The van der Waals surface area contributed by atoms with Crippen LogP contribution in [-0.2, 0) is 9.47 Å². The van der Waals surface area contributed by atoms with Crippen molar-refractivity contribution < 1.29 is 9.47 Å².